The summed E-state index contributed by atoms with van der Waals surface area (Å²) in [6.07, 6.45) is 12.5. The molecule has 3 aliphatic rings. The lowest BCUT2D eigenvalue weighted by Gasteiger charge is -2.42. The minimum absolute atomic E-state index is 0.226. The summed E-state index contributed by atoms with van der Waals surface area (Å²) < 4.78 is 0. The molecule has 0 spiro atoms. The van der Waals surface area contributed by atoms with Crippen molar-refractivity contribution in [3.63, 3.8) is 0 Å². The van der Waals surface area contributed by atoms with Gasteiger partial charge in [0.2, 0.25) is 11.8 Å². The van der Waals surface area contributed by atoms with E-state index in [1.54, 1.807) is 6.92 Å². The number of hydrogen-bond acceptors (Lipinski definition) is 2. The van der Waals surface area contributed by atoms with Gasteiger partial charge in [-0.05, 0) is 50.9 Å². The van der Waals surface area contributed by atoms with Gasteiger partial charge in [-0.25, -0.2) is 0 Å². The molecule has 130 valence electrons. The summed E-state index contributed by atoms with van der Waals surface area (Å²) >= 11 is 0. The van der Waals surface area contributed by atoms with Crippen LogP contribution in [0.15, 0.2) is 0 Å². The molecule has 4 nitrogen and oxygen atoms in total. The smallest absolute Gasteiger partial charge is 0.222 e. The van der Waals surface area contributed by atoms with E-state index in [1.165, 1.54) is 38.5 Å². The third-order valence-electron chi connectivity index (χ3n) is 6.27. The summed E-state index contributed by atoms with van der Waals surface area (Å²) in [6, 6.07) is 0.820. The van der Waals surface area contributed by atoms with Crippen LogP contribution in [0.5, 0.6) is 0 Å². The van der Waals surface area contributed by atoms with Crippen LogP contribution >= 0.6 is 0 Å². The summed E-state index contributed by atoms with van der Waals surface area (Å²) in [6.45, 7) is 3.44. The van der Waals surface area contributed by atoms with E-state index in [1.807, 2.05) is 0 Å². The monoisotopic (exact) mass is 320 g/mol. The summed E-state index contributed by atoms with van der Waals surface area (Å²) in [5, 5.41) is 0. The van der Waals surface area contributed by atoms with Gasteiger partial charge in [-0.15, -0.1) is 0 Å². The molecule has 1 aliphatic heterocycles. The zero-order chi connectivity index (χ0) is 16.2. The van der Waals surface area contributed by atoms with Crippen LogP contribution in [0.1, 0.15) is 77.6 Å². The van der Waals surface area contributed by atoms with E-state index in [-0.39, 0.29) is 5.91 Å². The van der Waals surface area contributed by atoms with Gasteiger partial charge in [0, 0.05) is 38.5 Å². The Balaban J connectivity index is 1.49. The van der Waals surface area contributed by atoms with Crippen molar-refractivity contribution in [1.82, 2.24) is 9.80 Å². The van der Waals surface area contributed by atoms with E-state index in [9.17, 15) is 9.59 Å². The fourth-order valence-corrected chi connectivity index (χ4v) is 4.35. The Morgan fingerprint density at radius 1 is 0.913 bits per heavy atom. The first-order valence-electron chi connectivity index (χ1n) is 9.72. The summed E-state index contributed by atoms with van der Waals surface area (Å²) in [7, 11) is 0. The highest BCUT2D eigenvalue weighted by molar-refractivity contribution is 5.76. The Kier molecular flexibility index (Phi) is 5.60. The van der Waals surface area contributed by atoms with E-state index < -0.39 is 0 Å². The van der Waals surface area contributed by atoms with Gasteiger partial charge in [0.25, 0.3) is 0 Å². The topological polar surface area (TPSA) is 40.6 Å². The van der Waals surface area contributed by atoms with E-state index in [0.29, 0.717) is 18.0 Å². The van der Waals surface area contributed by atoms with E-state index >= 15 is 0 Å². The second-order valence-corrected chi connectivity index (χ2v) is 7.81. The van der Waals surface area contributed by atoms with Gasteiger partial charge in [-0.1, -0.05) is 19.3 Å². The lowest BCUT2D eigenvalue weighted by atomic mass is 9.82. The van der Waals surface area contributed by atoms with Gasteiger partial charge in [0.1, 0.15) is 0 Å². The normalized spacial score (nSPS) is 26.1. The average molecular weight is 320 g/mol. The molecule has 0 aromatic heterocycles. The second kappa shape index (κ2) is 7.67. The lowest BCUT2D eigenvalue weighted by molar-refractivity contribution is -0.136. The van der Waals surface area contributed by atoms with Crippen molar-refractivity contribution in [2.75, 3.05) is 13.1 Å². The van der Waals surface area contributed by atoms with Crippen LogP contribution in [0.2, 0.25) is 0 Å². The van der Waals surface area contributed by atoms with Gasteiger partial charge in [-0.3, -0.25) is 9.59 Å². The maximum atomic E-state index is 12.5. The minimum Gasteiger partial charge on any atom is -0.343 e. The molecule has 1 atom stereocenters. The van der Waals surface area contributed by atoms with Crippen LogP contribution in [0, 0.1) is 5.92 Å². The molecule has 0 radical (unpaired) electrons. The predicted molar refractivity (Wildman–Crippen MR) is 91.0 cm³/mol. The van der Waals surface area contributed by atoms with Crippen molar-refractivity contribution < 1.29 is 9.59 Å². The molecule has 1 heterocycles. The first-order chi connectivity index (χ1) is 11.1. The van der Waals surface area contributed by atoms with Gasteiger partial charge in [-0.2, -0.15) is 0 Å². The van der Waals surface area contributed by atoms with Crippen molar-refractivity contribution in [2.45, 2.75) is 89.6 Å². The summed E-state index contributed by atoms with van der Waals surface area (Å²) in [5.41, 5.74) is 0. The molecule has 3 rings (SSSR count). The first kappa shape index (κ1) is 16.8. The Morgan fingerprint density at radius 2 is 1.57 bits per heavy atom. The molecule has 0 aromatic rings. The molecule has 1 unspecified atom stereocenters. The molecule has 0 bridgehead atoms. The van der Waals surface area contributed by atoms with Crippen LogP contribution < -0.4 is 0 Å². The van der Waals surface area contributed by atoms with Gasteiger partial charge < -0.3 is 9.80 Å². The minimum atomic E-state index is 0.226. The highest BCUT2D eigenvalue weighted by Gasteiger charge is 2.33. The molecule has 3 fully saturated rings. The Bertz CT molecular complexity index is 429. The Morgan fingerprint density at radius 3 is 2.13 bits per heavy atom. The largest absolute Gasteiger partial charge is 0.343 e. The average Bonchev–Trinajstić information content (AvgIpc) is 2.66. The van der Waals surface area contributed by atoms with Gasteiger partial charge in [0.05, 0.1) is 0 Å². The standard InChI is InChI=1S/C19H32N2O2/c1-15(22)21(17-7-3-8-17)18-9-4-13-20(14-12-18)19(23)11-10-16-5-2-6-16/h16-18H,2-14H2,1H3. The predicted octanol–water partition coefficient (Wildman–Crippen LogP) is 3.35. The van der Waals surface area contributed by atoms with Crippen molar-refractivity contribution in [3.8, 4) is 0 Å². The third kappa shape index (κ3) is 4.07. The molecule has 23 heavy (non-hydrogen) atoms. The Labute approximate surface area is 140 Å². The maximum Gasteiger partial charge on any atom is 0.222 e. The molecule has 2 saturated carbocycles. The number of carbonyl (C=O) groups is 2. The Hall–Kier alpha value is -1.06. The quantitative estimate of drug-likeness (QED) is 0.779. The molecule has 2 aliphatic carbocycles. The molecule has 0 N–H and O–H groups in total. The van der Waals surface area contributed by atoms with Crippen molar-refractivity contribution in [3.05, 3.63) is 0 Å². The molecule has 2 amide bonds. The SMILES string of the molecule is CC(=O)N(C1CCC1)C1CCCN(C(=O)CCC2CCC2)CC1. The van der Waals surface area contributed by atoms with E-state index in [4.69, 9.17) is 0 Å². The van der Waals surface area contributed by atoms with Crippen molar-refractivity contribution in [1.29, 1.82) is 0 Å². The highest BCUT2D eigenvalue weighted by Crippen LogP contribution is 2.32. The summed E-state index contributed by atoms with van der Waals surface area (Å²) in [5.74, 6) is 1.38. The number of carbonyl (C=O) groups excluding carboxylic acids is 2. The highest BCUT2D eigenvalue weighted by atomic mass is 16.2. The van der Waals surface area contributed by atoms with Crippen LogP contribution in [0.4, 0.5) is 0 Å². The van der Waals surface area contributed by atoms with Crippen molar-refractivity contribution in [2.24, 2.45) is 5.92 Å². The molecule has 0 aromatic carbocycles. The number of likely N-dealkylation sites (tertiary alicyclic amines) is 1. The van der Waals surface area contributed by atoms with E-state index in [0.717, 1.165) is 51.1 Å². The first-order valence-corrected chi connectivity index (χ1v) is 9.72. The number of amides is 2. The summed E-state index contributed by atoms with van der Waals surface area (Å²) in [4.78, 5) is 28.7. The molecule has 1 saturated heterocycles. The number of hydrogen-bond donors (Lipinski definition) is 0. The fourth-order valence-electron chi connectivity index (χ4n) is 4.35. The van der Waals surface area contributed by atoms with Crippen LogP contribution in [0.25, 0.3) is 0 Å². The number of rotatable bonds is 5. The van der Waals surface area contributed by atoms with Crippen LogP contribution in [-0.2, 0) is 9.59 Å². The maximum absolute atomic E-state index is 12.5. The number of nitrogens with zero attached hydrogens (tertiary/aromatic N) is 2. The molecular formula is C19H32N2O2. The lowest BCUT2D eigenvalue weighted by Crippen LogP contribution is -2.49. The molecule has 4 heteroatoms. The molecular weight excluding hydrogens is 288 g/mol. The second-order valence-electron chi connectivity index (χ2n) is 7.81. The third-order valence-corrected chi connectivity index (χ3v) is 6.27. The zero-order valence-corrected chi connectivity index (χ0v) is 14.6. The van der Waals surface area contributed by atoms with Gasteiger partial charge in [0.15, 0.2) is 0 Å². The zero-order valence-electron chi connectivity index (χ0n) is 14.6. The fraction of sp³-hybridized carbons (Fsp3) is 0.895. The van der Waals surface area contributed by atoms with Crippen LogP contribution in [0.3, 0.4) is 0 Å². The van der Waals surface area contributed by atoms with E-state index in [2.05, 4.69) is 9.80 Å². The van der Waals surface area contributed by atoms with Gasteiger partial charge >= 0.3 is 0 Å². The van der Waals surface area contributed by atoms with Crippen LogP contribution in [-0.4, -0.2) is 46.8 Å². The van der Waals surface area contributed by atoms with Crippen molar-refractivity contribution >= 4 is 11.8 Å².